The average molecular weight is 466 g/mol. The fourth-order valence-corrected chi connectivity index (χ4v) is 2.59. The Bertz CT molecular complexity index is 955. The van der Waals surface area contributed by atoms with Gasteiger partial charge in [0.15, 0.2) is 11.4 Å². The monoisotopic (exact) mass is 465 g/mol. The van der Waals surface area contributed by atoms with Crippen molar-refractivity contribution in [3.8, 4) is 5.75 Å². The number of alkyl halides is 3. The number of hydrogen-bond acceptors (Lipinski definition) is 6. The predicted molar refractivity (Wildman–Crippen MR) is 104 cm³/mol. The molecule has 0 fully saturated rings. The van der Waals surface area contributed by atoms with Gasteiger partial charge in [0.2, 0.25) is 0 Å². The van der Waals surface area contributed by atoms with Gasteiger partial charge in [-0.1, -0.05) is 35.9 Å². The highest BCUT2D eigenvalue weighted by Crippen LogP contribution is 2.31. The number of aromatic hydroxyl groups is 1. The number of hydrogen-bond donors (Lipinski definition) is 5. The van der Waals surface area contributed by atoms with E-state index >= 15 is 0 Å². The van der Waals surface area contributed by atoms with Crippen LogP contribution in [0.15, 0.2) is 24.3 Å². The van der Waals surface area contributed by atoms with E-state index in [0.717, 1.165) is 0 Å². The maximum atomic E-state index is 12.3. The molecule has 2 aromatic rings. The minimum absolute atomic E-state index is 0.0588. The number of fused-ring (bicyclic) bond motifs is 1. The molecule has 31 heavy (non-hydrogen) atoms. The summed E-state index contributed by atoms with van der Waals surface area (Å²) in [5.41, 5.74) is 5.08. The topological polar surface area (TPSA) is 163 Å². The molecule has 1 aromatic carbocycles. The van der Waals surface area contributed by atoms with E-state index in [9.17, 15) is 33.0 Å². The molecule has 9 nitrogen and oxygen atoms in total. The van der Waals surface area contributed by atoms with Crippen molar-refractivity contribution in [3.63, 3.8) is 0 Å². The number of benzene rings is 1. The van der Waals surface area contributed by atoms with Crippen LogP contribution in [-0.2, 0) is 9.59 Å². The van der Waals surface area contributed by atoms with Gasteiger partial charge >= 0.3 is 18.1 Å². The molecular weight excluding hydrogens is 447 g/mol. The number of amides is 1. The van der Waals surface area contributed by atoms with Crippen molar-refractivity contribution in [1.82, 2.24) is 10.3 Å². The lowest BCUT2D eigenvalue weighted by atomic mass is 10.1. The summed E-state index contributed by atoms with van der Waals surface area (Å²) in [4.78, 5) is 36.4. The van der Waals surface area contributed by atoms with E-state index in [1.54, 1.807) is 24.3 Å². The molecule has 0 saturated heterocycles. The van der Waals surface area contributed by atoms with E-state index in [-0.39, 0.29) is 23.0 Å². The van der Waals surface area contributed by atoms with Gasteiger partial charge in [-0.2, -0.15) is 13.2 Å². The van der Waals surface area contributed by atoms with Crippen LogP contribution in [0.1, 0.15) is 29.8 Å². The minimum atomic E-state index is -5.08. The first-order valence-electron chi connectivity index (χ1n) is 8.71. The predicted octanol–water partition coefficient (Wildman–Crippen LogP) is 2.54. The zero-order valence-corrected chi connectivity index (χ0v) is 16.6. The average Bonchev–Trinajstić information content (AvgIpc) is 2.69. The molecule has 0 spiro atoms. The van der Waals surface area contributed by atoms with Crippen LogP contribution in [0.3, 0.4) is 0 Å². The van der Waals surface area contributed by atoms with Crippen LogP contribution in [0, 0.1) is 0 Å². The van der Waals surface area contributed by atoms with Crippen LogP contribution < -0.4 is 11.1 Å². The summed E-state index contributed by atoms with van der Waals surface area (Å²) in [5, 5.41) is 29.9. The van der Waals surface area contributed by atoms with Gasteiger partial charge in [-0.25, -0.2) is 14.6 Å². The Kier molecular flexibility index (Phi) is 9.46. The van der Waals surface area contributed by atoms with Gasteiger partial charge in [-0.15, -0.1) is 0 Å². The molecule has 1 heterocycles. The van der Waals surface area contributed by atoms with Gasteiger partial charge in [0.05, 0.1) is 0 Å². The SMILES string of the molecule is NCCCCC(NC(=O)c1nc(Cl)c2ccccc2c1O)C(=O)O.O=C(O)C(F)(F)F. The smallest absolute Gasteiger partial charge is 0.490 e. The largest absolute Gasteiger partial charge is 0.505 e. The second-order valence-corrected chi connectivity index (χ2v) is 6.46. The van der Waals surface area contributed by atoms with Crippen molar-refractivity contribution >= 4 is 40.2 Å². The Hall–Kier alpha value is -3.12. The van der Waals surface area contributed by atoms with Gasteiger partial charge < -0.3 is 26.4 Å². The first-order valence-corrected chi connectivity index (χ1v) is 9.09. The van der Waals surface area contributed by atoms with Gasteiger partial charge in [0.1, 0.15) is 11.2 Å². The molecule has 1 atom stereocenters. The summed E-state index contributed by atoms with van der Waals surface area (Å²) >= 11 is 6.05. The molecule has 0 aliphatic carbocycles. The molecule has 0 radical (unpaired) electrons. The van der Waals surface area contributed by atoms with Crippen molar-refractivity contribution < 1.29 is 42.9 Å². The van der Waals surface area contributed by atoms with Crippen molar-refractivity contribution in [3.05, 3.63) is 35.1 Å². The highest BCUT2D eigenvalue weighted by atomic mass is 35.5. The fourth-order valence-electron chi connectivity index (χ4n) is 2.34. The minimum Gasteiger partial charge on any atom is -0.505 e. The fraction of sp³-hybridized carbons (Fsp3) is 0.333. The lowest BCUT2D eigenvalue weighted by Crippen LogP contribution is -2.41. The van der Waals surface area contributed by atoms with Crippen LogP contribution >= 0.6 is 11.6 Å². The molecule has 6 N–H and O–H groups in total. The van der Waals surface area contributed by atoms with E-state index in [2.05, 4.69) is 10.3 Å². The summed E-state index contributed by atoms with van der Waals surface area (Å²) in [6.45, 7) is 0.447. The number of rotatable bonds is 7. The maximum absolute atomic E-state index is 12.3. The third-order valence-electron chi connectivity index (χ3n) is 3.85. The Morgan fingerprint density at radius 2 is 1.68 bits per heavy atom. The first-order chi connectivity index (χ1) is 14.4. The number of nitrogens with one attached hydrogen (secondary N) is 1. The summed E-state index contributed by atoms with van der Waals surface area (Å²) in [6.07, 6.45) is -3.63. The van der Waals surface area contributed by atoms with Crippen molar-refractivity contribution in [2.24, 2.45) is 5.73 Å². The number of aromatic nitrogens is 1. The zero-order valence-electron chi connectivity index (χ0n) is 15.8. The zero-order chi connectivity index (χ0) is 23.8. The van der Waals surface area contributed by atoms with Crippen LogP contribution in [0.4, 0.5) is 13.2 Å². The highest BCUT2D eigenvalue weighted by molar-refractivity contribution is 6.34. The van der Waals surface area contributed by atoms with E-state index in [4.69, 9.17) is 27.2 Å². The maximum Gasteiger partial charge on any atom is 0.490 e. The number of aliphatic carboxylic acids is 2. The Morgan fingerprint density at radius 1 is 1.13 bits per heavy atom. The number of pyridine rings is 1. The Balaban J connectivity index is 0.000000592. The molecule has 0 bridgehead atoms. The number of carbonyl (C=O) groups excluding carboxylic acids is 1. The normalized spacial score (nSPS) is 11.9. The number of nitrogens with two attached hydrogens (primary N) is 1. The molecule has 0 aliphatic heterocycles. The van der Waals surface area contributed by atoms with E-state index < -0.39 is 30.1 Å². The van der Waals surface area contributed by atoms with Crippen LogP contribution in [0.25, 0.3) is 10.8 Å². The lowest BCUT2D eigenvalue weighted by Gasteiger charge is -2.15. The molecule has 0 aliphatic rings. The standard InChI is InChI=1S/C16H18ClN3O4.C2HF3O2/c17-14-10-6-2-1-5-9(10)13(21)12(20-14)15(22)19-11(16(23)24)7-3-4-8-18;3-2(4,5)1(6)7/h1-2,5-6,11,21H,3-4,7-8,18H2,(H,19,22)(H,23,24);(H,6,7). The lowest BCUT2D eigenvalue weighted by molar-refractivity contribution is -0.192. The van der Waals surface area contributed by atoms with Crippen molar-refractivity contribution in [1.29, 1.82) is 0 Å². The van der Waals surface area contributed by atoms with Gasteiger partial charge in [0, 0.05) is 10.8 Å². The molecular formula is C18H19ClF3N3O6. The summed E-state index contributed by atoms with van der Waals surface area (Å²) in [6, 6.07) is 5.60. The molecule has 0 saturated carbocycles. The van der Waals surface area contributed by atoms with Crippen LogP contribution in [0.2, 0.25) is 5.15 Å². The molecule has 13 heteroatoms. The van der Waals surface area contributed by atoms with Crippen molar-refractivity contribution in [2.45, 2.75) is 31.5 Å². The molecule has 2 rings (SSSR count). The van der Waals surface area contributed by atoms with Gasteiger partial charge in [0.25, 0.3) is 5.91 Å². The molecule has 170 valence electrons. The molecule has 1 amide bonds. The number of nitrogens with zero attached hydrogens (tertiary/aromatic N) is 1. The third kappa shape index (κ3) is 7.57. The number of halogens is 4. The molecule has 1 unspecified atom stereocenters. The first kappa shape index (κ1) is 25.9. The number of carbonyl (C=O) groups is 3. The summed E-state index contributed by atoms with van der Waals surface area (Å²) < 4.78 is 31.7. The number of unbranched alkanes of at least 4 members (excludes halogenated alkanes) is 1. The van der Waals surface area contributed by atoms with Crippen molar-refractivity contribution in [2.75, 3.05) is 6.54 Å². The number of carboxylic acid groups (broad SMARTS) is 2. The summed E-state index contributed by atoms with van der Waals surface area (Å²) in [5.74, 6) is -5.04. The quantitative estimate of drug-likeness (QED) is 0.307. The second kappa shape index (κ2) is 11.3. The molecule has 1 aromatic heterocycles. The number of carboxylic acids is 2. The van der Waals surface area contributed by atoms with Gasteiger partial charge in [-0.05, 0) is 25.8 Å². The Labute approximate surface area is 178 Å². The second-order valence-electron chi connectivity index (χ2n) is 6.10. The Morgan fingerprint density at radius 3 is 2.16 bits per heavy atom. The van der Waals surface area contributed by atoms with Crippen LogP contribution in [0.5, 0.6) is 5.75 Å². The van der Waals surface area contributed by atoms with E-state index in [0.29, 0.717) is 30.2 Å². The summed E-state index contributed by atoms with van der Waals surface area (Å²) in [7, 11) is 0. The third-order valence-corrected chi connectivity index (χ3v) is 4.13. The van der Waals surface area contributed by atoms with Gasteiger partial charge in [-0.3, -0.25) is 4.79 Å². The van der Waals surface area contributed by atoms with E-state index in [1.807, 2.05) is 0 Å². The van der Waals surface area contributed by atoms with Crippen LogP contribution in [-0.4, -0.2) is 56.9 Å². The highest BCUT2D eigenvalue weighted by Gasteiger charge is 2.38. The van der Waals surface area contributed by atoms with E-state index in [1.165, 1.54) is 0 Å².